The Kier molecular flexibility index (Phi) is 5.59. The van der Waals surface area contributed by atoms with Crippen molar-refractivity contribution in [1.29, 1.82) is 0 Å². The summed E-state index contributed by atoms with van der Waals surface area (Å²) in [5.74, 6) is 0.702. The third-order valence-corrected chi connectivity index (χ3v) is 4.04. The summed E-state index contributed by atoms with van der Waals surface area (Å²) in [6.45, 7) is -0.533. The number of fused-ring (bicyclic) bond motifs is 1. The molecule has 0 aliphatic rings. The van der Waals surface area contributed by atoms with Crippen molar-refractivity contribution in [3.63, 3.8) is 0 Å². The molecule has 2 heterocycles. The van der Waals surface area contributed by atoms with Crippen LogP contribution in [-0.2, 0) is 7.05 Å². The van der Waals surface area contributed by atoms with Gasteiger partial charge in [-0.2, -0.15) is 18.2 Å². The van der Waals surface area contributed by atoms with Crippen molar-refractivity contribution in [3.05, 3.63) is 41.8 Å². The molecule has 0 atom stereocenters. The number of hydrogen-bond acceptors (Lipinski definition) is 4. The predicted octanol–water partition coefficient (Wildman–Crippen LogP) is 4.49. The molecule has 0 saturated carbocycles. The molecule has 0 spiro atoms. The van der Waals surface area contributed by atoms with Gasteiger partial charge >= 0.3 is 12.2 Å². The van der Waals surface area contributed by atoms with Gasteiger partial charge in [0.05, 0.1) is 22.6 Å². The lowest BCUT2D eigenvalue weighted by molar-refractivity contribution is -0.132. The highest BCUT2D eigenvalue weighted by atomic mass is 35.5. The molecule has 0 fully saturated rings. The fourth-order valence-corrected chi connectivity index (χ4v) is 2.63. The van der Waals surface area contributed by atoms with Crippen LogP contribution in [0.3, 0.4) is 0 Å². The Balaban J connectivity index is 1.67. The van der Waals surface area contributed by atoms with Crippen LogP contribution in [0.1, 0.15) is 6.42 Å². The number of aromatic nitrogens is 3. The monoisotopic (exact) mass is 413 g/mol. The summed E-state index contributed by atoms with van der Waals surface area (Å²) in [5.41, 5.74) is 1.64. The zero-order valence-corrected chi connectivity index (χ0v) is 15.3. The minimum Gasteiger partial charge on any atom is -0.437 e. The fraction of sp³-hybridized carbons (Fsp3) is 0.235. The van der Waals surface area contributed by atoms with Gasteiger partial charge in [0.25, 0.3) is 0 Å². The summed E-state index contributed by atoms with van der Waals surface area (Å²) in [7, 11) is 1.83. The molecule has 0 aliphatic carbocycles. The number of nitrogens with zero attached hydrogens (tertiary/aromatic N) is 3. The van der Waals surface area contributed by atoms with Crippen LogP contribution < -0.4 is 15.4 Å². The second-order valence-electron chi connectivity index (χ2n) is 5.83. The van der Waals surface area contributed by atoms with Gasteiger partial charge in [0.1, 0.15) is 17.6 Å². The average molecular weight is 414 g/mol. The number of urea groups is 1. The normalized spacial score (nSPS) is 11.5. The highest BCUT2D eigenvalue weighted by Crippen LogP contribution is 2.31. The summed E-state index contributed by atoms with van der Waals surface area (Å²) in [4.78, 5) is 19.9. The molecule has 2 N–H and O–H groups in total. The zero-order chi connectivity index (χ0) is 20.3. The summed E-state index contributed by atoms with van der Waals surface area (Å²) >= 11 is 6.13. The van der Waals surface area contributed by atoms with Crippen molar-refractivity contribution in [2.45, 2.75) is 12.6 Å². The molecular weight excluding hydrogens is 399 g/mol. The van der Waals surface area contributed by atoms with Crippen LogP contribution in [0.2, 0.25) is 5.02 Å². The average Bonchev–Trinajstić information content (AvgIpc) is 2.98. The summed E-state index contributed by atoms with van der Waals surface area (Å²) < 4.78 is 43.9. The van der Waals surface area contributed by atoms with E-state index in [1.54, 1.807) is 6.07 Å². The fourth-order valence-electron chi connectivity index (χ4n) is 2.42. The van der Waals surface area contributed by atoms with Crippen molar-refractivity contribution >= 4 is 34.4 Å². The van der Waals surface area contributed by atoms with Crippen molar-refractivity contribution in [2.24, 2.45) is 7.05 Å². The van der Waals surface area contributed by atoms with Gasteiger partial charge in [-0.15, -0.1) is 0 Å². The Labute approximate surface area is 162 Å². The number of halogens is 4. The van der Waals surface area contributed by atoms with Gasteiger partial charge < -0.3 is 19.9 Å². The molecular formula is C17H15ClF3N5O2. The Bertz CT molecular complexity index is 1010. The second kappa shape index (κ2) is 7.93. The largest absolute Gasteiger partial charge is 0.437 e. The lowest BCUT2D eigenvalue weighted by atomic mass is 10.3. The van der Waals surface area contributed by atoms with Gasteiger partial charge in [0, 0.05) is 25.9 Å². The van der Waals surface area contributed by atoms with Gasteiger partial charge in [-0.25, -0.2) is 9.78 Å². The van der Waals surface area contributed by atoms with Crippen LogP contribution in [0.25, 0.3) is 11.0 Å². The SMILES string of the molecule is Cn1ccc2ncnc(Oc3ccc(NC(=O)NCCC(F)(F)F)c(Cl)c3)c21. The number of amides is 2. The summed E-state index contributed by atoms with van der Waals surface area (Å²) in [6.07, 6.45) is -2.26. The smallest absolute Gasteiger partial charge is 0.390 e. The van der Waals surface area contributed by atoms with Gasteiger partial charge in [0.2, 0.25) is 5.88 Å². The maximum absolute atomic E-state index is 12.1. The molecule has 0 saturated heterocycles. The Hall–Kier alpha value is -3.01. The Morgan fingerprint density at radius 1 is 1.29 bits per heavy atom. The number of ether oxygens (including phenoxy) is 1. The molecule has 2 amide bonds. The van der Waals surface area contributed by atoms with E-state index < -0.39 is 25.2 Å². The standard InChI is InChI=1S/C17H15ClF3N5O2/c1-26-7-4-13-14(26)15(24-9-23-13)28-10-2-3-12(11(18)8-10)25-16(27)22-6-5-17(19,20)21/h2-4,7-9H,5-6H2,1H3,(H2,22,25,27). The maximum atomic E-state index is 12.1. The zero-order valence-electron chi connectivity index (χ0n) is 14.5. The number of aryl methyl sites for hydroxylation is 1. The van der Waals surface area contributed by atoms with E-state index in [1.165, 1.54) is 18.5 Å². The third-order valence-electron chi connectivity index (χ3n) is 3.72. The molecule has 11 heteroatoms. The van der Waals surface area contributed by atoms with E-state index in [-0.39, 0.29) is 10.7 Å². The van der Waals surface area contributed by atoms with E-state index >= 15 is 0 Å². The topological polar surface area (TPSA) is 81.1 Å². The van der Waals surface area contributed by atoms with Crippen LogP contribution in [0.15, 0.2) is 36.8 Å². The van der Waals surface area contributed by atoms with E-state index in [0.717, 1.165) is 0 Å². The minimum atomic E-state index is -4.34. The van der Waals surface area contributed by atoms with Crippen LogP contribution in [-0.4, -0.2) is 33.3 Å². The van der Waals surface area contributed by atoms with Crippen molar-refractivity contribution in [3.8, 4) is 11.6 Å². The van der Waals surface area contributed by atoms with Gasteiger partial charge in [-0.05, 0) is 18.2 Å². The number of carbonyl (C=O) groups is 1. The molecule has 0 bridgehead atoms. The minimum absolute atomic E-state index is 0.153. The first-order valence-corrected chi connectivity index (χ1v) is 8.46. The molecule has 148 valence electrons. The maximum Gasteiger partial charge on any atom is 0.390 e. The number of carbonyl (C=O) groups excluding carboxylic acids is 1. The van der Waals surface area contributed by atoms with Crippen molar-refractivity contribution in [1.82, 2.24) is 19.9 Å². The number of nitrogens with one attached hydrogen (secondary N) is 2. The van der Waals surface area contributed by atoms with Crippen LogP contribution in [0.5, 0.6) is 11.6 Å². The predicted molar refractivity (Wildman–Crippen MR) is 97.7 cm³/mol. The van der Waals surface area contributed by atoms with Crippen molar-refractivity contribution < 1.29 is 22.7 Å². The van der Waals surface area contributed by atoms with Crippen LogP contribution in [0, 0.1) is 0 Å². The molecule has 0 radical (unpaired) electrons. The van der Waals surface area contributed by atoms with Crippen molar-refractivity contribution in [2.75, 3.05) is 11.9 Å². The molecule has 3 rings (SSSR count). The highest BCUT2D eigenvalue weighted by molar-refractivity contribution is 6.33. The number of rotatable bonds is 5. The first-order chi connectivity index (χ1) is 13.2. The number of alkyl halides is 3. The summed E-state index contributed by atoms with van der Waals surface area (Å²) in [5, 5.41) is 4.65. The first kappa shape index (κ1) is 19.7. The van der Waals surface area contributed by atoms with Crippen LogP contribution >= 0.6 is 11.6 Å². The second-order valence-corrected chi connectivity index (χ2v) is 6.24. The van der Waals surface area contributed by atoms with E-state index in [1.807, 2.05) is 23.9 Å². The third kappa shape index (κ3) is 4.83. The molecule has 2 aromatic heterocycles. The number of benzene rings is 1. The lowest BCUT2D eigenvalue weighted by Gasteiger charge is -2.12. The highest BCUT2D eigenvalue weighted by Gasteiger charge is 2.26. The van der Waals surface area contributed by atoms with E-state index in [2.05, 4.69) is 20.6 Å². The van der Waals surface area contributed by atoms with Gasteiger partial charge in [-0.1, -0.05) is 11.6 Å². The molecule has 1 aromatic carbocycles. The Morgan fingerprint density at radius 3 is 2.79 bits per heavy atom. The molecule has 7 nitrogen and oxygen atoms in total. The quantitative estimate of drug-likeness (QED) is 0.646. The van der Waals surface area contributed by atoms with E-state index in [0.29, 0.717) is 22.7 Å². The van der Waals surface area contributed by atoms with Gasteiger partial charge in [-0.3, -0.25) is 0 Å². The van der Waals surface area contributed by atoms with Gasteiger partial charge in [0.15, 0.2) is 0 Å². The first-order valence-electron chi connectivity index (χ1n) is 8.08. The Morgan fingerprint density at radius 2 is 2.07 bits per heavy atom. The molecule has 0 unspecified atom stereocenters. The molecule has 3 aromatic rings. The lowest BCUT2D eigenvalue weighted by Crippen LogP contribution is -2.31. The van der Waals surface area contributed by atoms with E-state index in [9.17, 15) is 18.0 Å². The molecule has 0 aliphatic heterocycles. The molecule has 28 heavy (non-hydrogen) atoms. The number of anilines is 1. The van der Waals surface area contributed by atoms with E-state index in [4.69, 9.17) is 16.3 Å². The summed E-state index contributed by atoms with van der Waals surface area (Å²) in [6, 6.07) is 5.52. The van der Waals surface area contributed by atoms with Crippen LogP contribution in [0.4, 0.5) is 23.7 Å². The number of hydrogen-bond donors (Lipinski definition) is 2.